The third kappa shape index (κ3) is 2.24. The molecule has 1 aromatic rings. The van der Waals surface area contributed by atoms with Crippen LogP contribution in [0.25, 0.3) is 0 Å². The van der Waals surface area contributed by atoms with Gasteiger partial charge in [0.25, 0.3) is 0 Å². The van der Waals surface area contributed by atoms with Gasteiger partial charge < -0.3 is 4.74 Å². The molecule has 0 fully saturated rings. The molecule has 0 aliphatic rings. The molecule has 0 radical (unpaired) electrons. The van der Waals surface area contributed by atoms with Gasteiger partial charge in [-0.3, -0.25) is 0 Å². The average molecular weight is 258 g/mol. The molecule has 0 heterocycles. The van der Waals surface area contributed by atoms with Gasteiger partial charge in [0.05, 0.1) is 23.6 Å². The summed E-state index contributed by atoms with van der Waals surface area (Å²) in [7, 11) is 0. The highest BCUT2D eigenvalue weighted by molar-refractivity contribution is 9.10. The van der Waals surface area contributed by atoms with Crippen LogP contribution in [0.1, 0.15) is 12.5 Å². The fourth-order valence-corrected chi connectivity index (χ4v) is 1.49. The molecule has 0 spiro atoms. The van der Waals surface area contributed by atoms with Gasteiger partial charge in [0.1, 0.15) is 0 Å². The van der Waals surface area contributed by atoms with Gasteiger partial charge in [-0.25, -0.2) is 4.39 Å². The zero-order chi connectivity index (χ0) is 10.6. The summed E-state index contributed by atoms with van der Waals surface area (Å²) in [5.41, 5.74) is 0.360. The Kier molecular flexibility index (Phi) is 3.90. The van der Waals surface area contributed by atoms with E-state index in [0.717, 1.165) is 0 Å². The smallest absolute Gasteiger partial charge is 0.170 e. The molecule has 0 saturated heterocycles. The molecular formula is C10H9BrFNO. The topological polar surface area (TPSA) is 33.0 Å². The van der Waals surface area contributed by atoms with Crippen molar-refractivity contribution < 1.29 is 9.13 Å². The predicted molar refractivity (Wildman–Crippen MR) is 54.6 cm³/mol. The van der Waals surface area contributed by atoms with E-state index >= 15 is 0 Å². The van der Waals surface area contributed by atoms with E-state index in [0.29, 0.717) is 16.6 Å². The molecule has 0 atom stereocenters. The largest absolute Gasteiger partial charge is 0.490 e. The number of ether oxygens (including phenoxy) is 1. The van der Waals surface area contributed by atoms with Crippen molar-refractivity contribution >= 4 is 15.9 Å². The molecule has 1 aromatic carbocycles. The van der Waals surface area contributed by atoms with Crippen molar-refractivity contribution in [3.63, 3.8) is 0 Å². The minimum absolute atomic E-state index is 0.0547. The Bertz CT molecular complexity index is 373. The van der Waals surface area contributed by atoms with Crippen LogP contribution in [0.5, 0.6) is 5.75 Å². The SMILES string of the molecule is CCOc1c(Br)ccc(CC#N)c1F. The van der Waals surface area contributed by atoms with E-state index in [4.69, 9.17) is 10.00 Å². The lowest BCUT2D eigenvalue weighted by Crippen LogP contribution is -1.99. The Hall–Kier alpha value is -1.08. The average Bonchev–Trinajstić information content (AvgIpc) is 2.17. The van der Waals surface area contributed by atoms with E-state index < -0.39 is 5.82 Å². The molecule has 0 saturated carbocycles. The molecule has 2 nitrogen and oxygen atoms in total. The quantitative estimate of drug-likeness (QED) is 0.834. The Morgan fingerprint density at radius 1 is 1.57 bits per heavy atom. The van der Waals surface area contributed by atoms with E-state index in [1.807, 2.05) is 6.07 Å². The van der Waals surface area contributed by atoms with Gasteiger partial charge in [-0.2, -0.15) is 5.26 Å². The van der Waals surface area contributed by atoms with E-state index in [9.17, 15) is 4.39 Å². The van der Waals surface area contributed by atoms with Gasteiger partial charge in [-0.1, -0.05) is 6.07 Å². The van der Waals surface area contributed by atoms with Gasteiger partial charge in [-0.05, 0) is 28.9 Å². The first-order valence-corrected chi connectivity index (χ1v) is 4.96. The van der Waals surface area contributed by atoms with Crippen molar-refractivity contribution in [1.29, 1.82) is 5.26 Å². The van der Waals surface area contributed by atoms with Crippen LogP contribution in [0, 0.1) is 17.1 Å². The molecule has 0 aliphatic carbocycles. The zero-order valence-corrected chi connectivity index (χ0v) is 9.27. The third-order valence-corrected chi connectivity index (χ3v) is 2.31. The third-order valence-electron chi connectivity index (χ3n) is 1.69. The van der Waals surface area contributed by atoms with Crippen molar-refractivity contribution in [2.75, 3.05) is 6.61 Å². The highest BCUT2D eigenvalue weighted by Crippen LogP contribution is 2.30. The maximum Gasteiger partial charge on any atom is 0.170 e. The van der Waals surface area contributed by atoms with Gasteiger partial charge in [0.15, 0.2) is 11.6 Å². The molecule has 0 unspecified atom stereocenters. The van der Waals surface area contributed by atoms with Crippen molar-refractivity contribution in [3.8, 4) is 11.8 Å². The van der Waals surface area contributed by atoms with Crippen LogP contribution in [0.3, 0.4) is 0 Å². The van der Waals surface area contributed by atoms with Crippen LogP contribution in [0.15, 0.2) is 16.6 Å². The van der Waals surface area contributed by atoms with Crippen LogP contribution in [0.2, 0.25) is 0 Å². The Morgan fingerprint density at radius 2 is 2.29 bits per heavy atom. The van der Waals surface area contributed by atoms with E-state index in [1.165, 1.54) is 0 Å². The Labute approximate surface area is 90.4 Å². The van der Waals surface area contributed by atoms with Gasteiger partial charge in [-0.15, -0.1) is 0 Å². The summed E-state index contributed by atoms with van der Waals surface area (Å²) >= 11 is 3.19. The fourth-order valence-electron chi connectivity index (χ4n) is 1.07. The first kappa shape index (κ1) is 11.0. The molecule has 0 bridgehead atoms. The van der Waals surface area contributed by atoms with Gasteiger partial charge in [0, 0.05) is 5.56 Å². The number of nitrogens with zero attached hydrogens (tertiary/aromatic N) is 1. The van der Waals surface area contributed by atoms with Crippen molar-refractivity contribution in [3.05, 3.63) is 28.0 Å². The molecule has 0 N–H and O–H groups in total. The van der Waals surface area contributed by atoms with Crippen LogP contribution in [-0.2, 0) is 6.42 Å². The minimum atomic E-state index is -0.456. The lowest BCUT2D eigenvalue weighted by atomic mass is 10.1. The van der Waals surface area contributed by atoms with Crippen LogP contribution < -0.4 is 4.74 Å². The second-order valence-corrected chi connectivity index (χ2v) is 3.47. The van der Waals surface area contributed by atoms with E-state index in [-0.39, 0.29) is 12.2 Å². The van der Waals surface area contributed by atoms with Gasteiger partial charge >= 0.3 is 0 Å². The van der Waals surface area contributed by atoms with Crippen molar-refractivity contribution in [1.82, 2.24) is 0 Å². The highest BCUT2D eigenvalue weighted by atomic mass is 79.9. The number of hydrogen-bond donors (Lipinski definition) is 0. The fraction of sp³-hybridized carbons (Fsp3) is 0.300. The molecule has 0 aliphatic heterocycles. The van der Waals surface area contributed by atoms with Crippen molar-refractivity contribution in [2.24, 2.45) is 0 Å². The number of nitriles is 1. The summed E-state index contributed by atoms with van der Waals surface area (Å²) in [6.07, 6.45) is 0.0547. The number of hydrogen-bond acceptors (Lipinski definition) is 2. The van der Waals surface area contributed by atoms with Crippen molar-refractivity contribution in [2.45, 2.75) is 13.3 Å². The molecular weight excluding hydrogens is 249 g/mol. The first-order chi connectivity index (χ1) is 6.70. The second-order valence-electron chi connectivity index (χ2n) is 2.62. The van der Waals surface area contributed by atoms with E-state index in [1.54, 1.807) is 19.1 Å². The van der Waals surface area contributed by atoms with Crippen LogP contribution in [0.4, 0.5) is 4.39 Å². The normalized spacial score (nSPS) is 9.57. The molecule has 14 heavy (non-hydrogen) atoms. The maximum absolute atomic E-state index is 13.6. The standard InChI is InChI=1S/C10H9BrFNO/c1-2-14-10-8(11)4-3-7(5-6-13)9(10)12/h3-4H,2,5H2,1H3. The zero-order valence-electron chi connectivity index (χ0n) is 7.68. The lowest BCUT2D eigenvalue weighted by Gasteiger charge is -2.08. The Balaban J connectivity index is 3.13. The number of halogens is 2. The van der Waals surface area contributed by atoms with Gasteiger partial charge in [0.2, 0.25) is 0 Å². The summed E-state index contributed by atoms with van der Waals surface area (Å²) in [4.78, 5) is 0. The molecule has 0 aromatic heterocycles. The highest BCUT2D eigenvalue weighted by Gasteiger charge is 2.12. The minimum Gasteiger partial charge on any atom is -0.490 e. The lowest BCUT2D eigenvalue weighted by molar-refractivity contribution is 0.318. The van der Waals surface area contributed by atoms with E-state index in [2.05, 4.69) is 15.9 Å². The van der Waals surface area contributed by atoms with Crippen LogP contribution in [-0.4, -0.2) is 6.61 Å². The molecule has 4 heteroatoms. The maximum atomic E-state index is 13.6. The summed E-state index contributed by atoms with van der Waals surface area (Å²) < 4.78 is 19.3. The predicted octanol–water partition coefficient (Wildman–Crippen LogP) is 3.05. The number of benzene rings is 1. The monoisotopic (exact) mass is 257 g/mol. The Morgan fingerprint density at radius 3 is 2.86 bits per heavy atom. The summed E-state index contributed by atoms with van der Waals surface area (Å²) in [6, 6.07) is 5.16. The molecule has 1 rings (SSSR count). The van der Waals surface area contributed by atoms with Crippen LogP contribution >= 0.6 is 15.9 Å². The molecule has 0 amide bonds. The second kappa shape index (κ2) is 4.97. The molecule has 74 valence electrons. The summed E-state index contributed by atoms with van der Waals surface area (Å²) in [6.45, 7) is 2.17. The first-order valence-electron chi connectivity index (χ1n) is 4.17. The summed E-state index contributed by atoms with van der Waals surface area (Å²) in [5, 5.41) is 8.47. The summed E-state index contributed by atoms with van der Waals surface area (Å²) in [5.74, 6) is -0.275. The number of rotatable bonds is 3.